The molecular formula is C19H21N3O2. The van der Waals surface area contributed by atoms with Crippen LogP contribution >= 0.6 is 0 Å². The highest BCUT2D eigenvalue weighted by Crippen LogP contribution is 2.24. The molecule has 0 aliphatic carbocycles. The van der Waals surface area contributed by atoms with E-state index in [0.29, 0.717) is 17.8 Å². The van der Waals surface area contributed by atoms with Gasteiger partial charge in [0.1, 0.15) is 0 Å². The molecule has 0 saturated carbocycles. The first kappa shape index (κ1) is 16.1. The van der Waals surface area contributed by atoms with E-state index >= 15 is 0 Å². The van der Waals surface area contributed by atoms with Crippen LogP contribution in [0.1, 0.15) is 24.8 Å². The number of rotatable bonds is 4. The van der Waals surface area contributed by atoms with Gasteiger partial charge in [0, 0.05) is 30.0 Å². The number of nitrogens with zero attached hydrogens (tertiary/aromatic N) is 1. The van der Waals surface area contributed by atoms with Crippen molar-refractivity contribution in [3.8, 4) is 0 Å². The number of piperidine rings is 1. The molecule has 2 amide bonds. The van der Waals surface area contributed by atoms with Gasteiger partial charge in [-0.05, 0) is 48.7 Å². The van der Waals surface area contributed by atoms with Gasteiger partial charge in [-0.1, -0.05) is 18.2 Å². The minimum absolute atomic E-state index is 0.0955. The number of benzene rings is 2. The van der Waals surface area contributed by atoms with Crippen LogP contribution in [0.3, 0.4) is 0 Å². The highest BCUT2D eigenvalue weighted by Gasteiger charge is 2.19. The third kappa shape index (κ3) is 3.93. The molecule has 0 unspecified atom stereocenters. The molecule has 3 rings (SSSR count). The van der Waals surface area contributed by atoms with Crippen LogP contribution in [0.5, 0.6) is 0 Å². The van der Waals surface area contributed by atoms with E-state index in [0.717, 1.165) is 30.6 Å². The maximum atomic E-state index is 12.2. The fourth-order valence-corrected chi connectivity index (χ4v) is 2.86. The van der Waals surface area contributed by atoms with Crippen molar-refractivity contribution in [2.75, 3.05) is 22.5 Å². The first-order chi connectivity index (χ1) is 11.6. The van der Waals surface area contributed by atoms with Gasteiger partial charge in [-0.15, -0.1) is 0 Å². The third-order valence-electron chi connectivity index (χ3n) is 4.11. The molecule has 1 aliphatic rings. The second-order valence-corrected chi connectivity index (χ2v) is 6.02. The van der Waals surface area contributed by atoms with E-state index in [1.54, 1.807) is 17.0 Å². The number of amides is 2. The van der Waals surface area contributed by atoms with Gasteiger partial charge < -0.3 is 16.0 Å². The Hall–Kier alpha value is -2.82. The van der Waals surface area contributed by atoms with Gasteiger partial charge in [0.2, 0.25) is 11.8 Å². The number of nitrogen functional groups attached to an aromatic ring is 1. The fourth-order valence-electron chi connectivity index (χ4n) is 2.86. The molecule has 0 radical (unpaired) electrons. The minimum atomic E-state index is -0.0955. The number of nitrogens with one attached hydrogen (secondary N) is 1. The van der Waals surface area contributed by atoms with Crippen molar-refractivity contribution >= 4 is 28.9 Å². The topological polar surface area (TPSA) is 75.4 Å². The van der Waals surface area contributed by atoms with Crippen molar-refractivity contribution in [1.82, 2.24) is 0 Å². The highest BCUT2D eigenvalue weighted by molar-refractivity contribution is 5.96. The van der Waals surface area contributed by atoms with Gasteiger partial charge in [0.15, 0.2) is 0 Å². The Kier molecular flexibility index (Phi) is 4.79. The van der Waals surface area contributed by atoms with Crippen molar-refractivity contribution in [1.29, 1.82) is 0 Å². The molecule has 5 heteroatoms. The van der Waals surface area contributed by atoms with Crippen molar-refractivity contribution < 1.29 is 9.59 Å². The zero-order valence-electron chi connectivity index (χ0n) is 13.5. The van der Waals surface area contributed by atoms with Gasteiger partial charge in [-0.2, -0.15) is 0 Å². The molecule has 1 heterocycles. The number of hydrogen-bond donors (Lipinski definition) is 2. The molecule has 5 nitrogen and oxygen atoms in total. The lowest BCUT2D eigenvalue weighted by molar-refractivity contribution is -0.119. The summed E-state index contributed by atoms with van der Waals surface area (Å²) in [6.45, 7) is 0.738. The molecule has 3 N–H and O–H groups in total. The molecule has 0 aromatic heterocycles. The lowest BCUT2D eigenvalue weighted by Gasteiger charge is -2.27. The van der Waals surface area contributed by atoms with E-state index in [1.165, 1.54) is 0 Å². The van der Waals surface area contributed by atoms with Crippen LogP contribution in [0.2, 0.25) is 0 Å². The fraction of sp³-hybridized carbons (Fsp3) is 0.263. The maximum absolute atomic E-state index is 12.2. The Bertz CT molecular complexity index is 741. The maximum Gasteiger partial charge on any atom is 0.228 e. The normalized spacial score (nSPS) is 14.5. The van der Waals surface area contributed by atoms with Crippen LogP contribution in [0.4, 0.5) is 17.1 Å². The summed E-state index contributed by atoms with van der Waals surface area (Å²) < 4.78 is 0. The van der Waals surface area contributed by atoms with E-state index < -0.39 is 0 Å². The number of hydrogen-bond acceptors (Lipinski definition) is 3. The average molecular weight is 323 g/mol. The predicted molar refractivity (Wildman–Crippen MR) is 95.8 cm³/mol. The van der Waals surface area contributed by atoms with Crippen molar-refractivity contribution in [2.24, 2.45) is 0 Å². The summed E-state index contributed by atoms with van der Waals surface area (Å²) in [5.74, 6) is 0.0495. The molecule has 1 aliphatic heterocycles. The van der Waals surface area contributed by atoms with Crippen molar-refractivity contribution in [2.45, 2.75) is 25.7 Å². The predicted octanol–water partition coefficient (Wildman–Crippen LogP) is 2.97. The second-order valence-electron chi connectivity index (χ2n) is 6.02. The standard InChI is InChI=1S/C19H21N3O2/c20-15-9-7-14(8-10-15)12-18(23)21-16-4-3-5-17(13-16)22-11-2-1-6-19(22)24/h3-5,7-10,13H,1-2,6,11-12,20H2,(H,21,23). The van der Waals surface area contributed by atoms with E-state index in [2.05, 4.69) is 5.32 Å². The first-order valence-corrected chi connectivity index (χ1v) is 8.16. The van der Waals surface area contributed by atoms with Crippen LogP contribution < -0.4 is 16.0 Å². The van der Waals surface area contributed by atoms with E-state index in [4.69, 9.17) is 5.73 Å². The van der Waals surface area contributed by atoms with Gasteiger partial charge in [0.25, 0.3) is 0 Å². The lowest BCUT2D eigenvalue weighted by atomic mass is 10.1. The summed E-state index contributed by atoms with van der Waals surface area (Å²) in [7, 11) is 0. The number of anilines is 3. The summed E-state index contributed by atoms with van der Waals surface area (Å²) in [5.41, 5.74) is 8.77. The third-order valence-corrected chi connectivity index (χ3v) is 4.11. The summed E-state index contributed by atoms with van der Waals surface area (Å²) in [4.78, 5) is 26.0. The van der Waals surface area contributed by atoms with Gasteiger partial charge in [-0.3, -0.25) is 9.59 Å². The zero-order valence-corrected chi connectivity index (χ0v) is 13.5. The summed E-state index contributed by atoms with van der Waals surface area (Å²) in [6.07, 6.45) is 2.84. The molecule has 2 aromatic carbocycles. The van der Waals surface area contributed by atoms with Crippen LogP contribution in [-0.2, 0) is 16.0 Å². The molecule has 24 heavy (non-hydrogen) atoms. The Labute approximate surface area is 141 Å². The molecule has 0 atom stereocenters. The van der Waals surface area contributed by atoms with Crippen LogP contribution in [0.15, 0.2) is 48.5 Å². The molecule has 0 bridgehead atoms. The van der Waals surface area contributed by atoms with Gasteiger partial charge in [0.05, 0.1) is 6.42 Å². The van der Waals surface area contributed by atoms with Gasteiger partial charge >= 0.3 is 0 Å². The smallest absolute Gasteiger partial charge is 0.228 e. The Morgan fingerprint density at radius 3 is 2.67 bits per heavy atom. The molecule has 0 spiro atoms. The zero-order chi connectivity index (χ0) is 16.9. The Balaban J connectivity index is 1.66. The molecular weight excluding hydrogens is 302 g/mol. The number of carbonyl (C=O) groups is 2. The van der Waals surface area contributed by atoms with E-state index in [-0.39, 0.29) is 18.2 Å². The number of nitrogens with two attached hydrogens (primary N) is 1. The molecule has 1 fully saturated rings. The van der Waals surface area contributed by atoms with Crippen molar-refractivity contribution in [3.63, 3.8) is 0 Å². The average Bonchev–Trinajstić information content (AvgIpc) is 2.57. The monoisotopic (exact) mass is 323 g/mol. The van der Waals surface area contributed by atoms with E-state index in [1.807, 2.05) is 36.4 Å². The van der Waals surface area contributed by atoms with Crippen LogP contribution in [0.25, 0.3) is 0 Å². The first-order valence-electron chi connectivity index (χ1n) is 8.16. The molecule has 2 aromatic rings. The Morgan fingerprint density at radius 2 is 1.92 bits per heavy atom. The largest absolute Gasteiger partial charge is 0.399 e. The van der Waals surface area contributed by atoms with Crippen molar-refractivity contribution in [3.05, 3.63) is 54.1 Å². The Morgan fingerprint density at radius 1 is 1.12 bits per heavy atom. The van der Waals surface area contributed by atoms with Crippen LogP contribution in [0, 0.1) is 0 Å². The number of carbonyl (C=O) groups excluding carboxylic acids is 2. The minimum Gasteiger partial charge on any atom is -0.399 e. The summed E-state index contributed by atoms with van der Waals surface area (Å²) in [5, 5.41) is 2.89. The molecule has 124 valence electrons. The quantitative estimate of drug-likeness (QED) is 0.849. The van der Waals surface area contributed by atoms with Gasteiger partial charge in [-0.25, -0.2) is 0 Å². The molecule has 1 saturated heterocycles. The highest BCUT2D eigenvalue weighted by atomic mass is 16.2. The summed E-state index contributed by atoms with van der Waals surface area (Å²) in [6, 6.07) is 14.7. The SMILES string of the molecule is Nc1ccc(CC(=O)Nc2cccc(N3CCCCC3=O)c2)cc1. The second kappa shape index (κ2) is 7.17. The van der Waals surface area contributed by atoms with Crippen LogP contribution in [-0.4, -0.2) is 18.4 Å². The van der Waals surface area contributed by atoms with E-state index in [9.17, 15) is 9.59 Å². The summed E-state index contributed by atoms with van der Waals surface area (Å²) >= 11 is 0. The lowest BCUT2D eigenvalue weighted by Crippen LogP contribution is -2.35.